The van der Waals surface area contributed by atoms with Crippen LogP contribution in [0.1, 0.15) is 32.6 Å². The molecule has 2 N–H and O–H groups in total. The zero-order chi connectivity index (χ0) is 12.3. The molecule has 2 rings (SSSR count). The Kier molecular flexibility index (Phi) is 4.55. The van der Waals surface area contributed by atoms with Crippen LogP contribution in [0.4, 0.5) is 5.95 Å². The van der Waals surface area contributed by atoms with Crippen molar-refractivity contribution in [2.24, 2.45) is 5.73 Å². The van der Waals surface area contributed by atoms with Crippen LogP contribution in [0.2, 0.25) is 0 Å². The van der Waals surface area contributed by atoms with E-state index in [1.54, 1.807) is 0 Å². The molecule has 94 valence electrons. The molecule has 4 nitrogen and oxygen atoms in total. The summed E-state index contributed by atoms with van der Waals surface area (Å²) >= 11 is 2.23. The Bertz CT molecular complexity index is 346. The quantitative estimate of drug-likeness (QED) is 0.853. The van der Waals surface area contributed by atoms with Crippen molar-refractivity contribution in [3.63, 3.8) is 0 Å². The maximum atomic E-state index is 5.95. The third kappa shape index (κ3) is 3.28. The Morgan fingerprint density at radius 1 is 1.29 bits per heavy atom. The molecule has 0 radical (unpaired) electrons. The lowest BCUT2D eigenvalue weighted by molar-refractivity contribution is 0.375. The van der Waals surface area contributed by atoms with Gasteiger partial charge in [0.05, 0.1) is 0 Å². The first-order valence-corrected chi connectivity index (χ1v) is 7.28. The molecule has 1 saturated carbocycles. The third-order valence-electron chi connectivity index (χ3n) is 3.39. The first-order chi connectivity index (χ1) is 8.20. The van der Waals surface area contributed by atoms with E-state index in [4.69, 9.17) is 5.73 Å². The Hall–Kier alpha value is -0.430. The topological polar surface area (TPSA) is 55.0 Å². The average molecular weight is 346 g/mol. The van der Waals surface area contributed by atoms with Gasteiger partial charge in [-0.3, -0.25) is 0 Å². The van der Waals surface area contributed by atoms with Crippen molar-refractivity contribution in [2.45, 2.75) is 44.7 Å². The molecule has 1 aromatic rings. The predicted octanol–water partition coefficient (Wildman–Crippen LogP) is 2.18. The molecule has 5 heteroatoms. The van der Waals surface area contributed by atoms with Crippen molar-refractivity contribution in [1.82, 2.24) is 9.97 Å². The van der Waals surface area contributed by atoms with Crippen LogP contribution in [0.25, 0.3) is 0 Å². The lowest BCUT2D eigenvalue weighted by atomic mass is 9.91. The molecular weight excluding hydrogens is 327 g/mol. The van der Waals surface area contributed by atoms with Crippen LogP contribution in [0.15, 0.2) is 12.4 Å². The number of nitrogens with zero attached hydrogens (tertiary/aromatic N) is 3. The van der Waals surface area contributed by atoms with Crippen LogP contribution in [-0.2, 0) is 0 Å². The van der Waals surface area contributed by atoms with Crippen LogP contribution < -0.4 is 10.6 Å². The van der Waals surface area contributed by atoms with E-state index >= 15 is 0 Å². The Labute approximate surface area is 116 Å². The van der Waals surface area contributed by atoms with Gasteiger partial charge in [-0.15, -0.1) is 0 Å². The molecular formula is C12H19IN4. The summed E-state index contributed by atoms with van der Waals surface area (Å²) in [6, 6.07) is 0.947. The molecule has 0 aliphatic heterocycles. The largest absolute Gasteiger partial charge is 0.338 e. The van der Waals surface area contributed by atoms with Crippen LogP contribution in [-0.4, -0.2) is 28.6 Å². The second-order valence-corrected chi connectivity index (χ2v) is 5.80. The van der Waals surface area contributed by atoms with Crippen molar-refractivity contribution >= 4 is 28.5 Å². The van der Waals surface area contributed by atoms with Gasteiger partial charge in [0.25, 0.3) is 0 Å². The summed E-state index contributed by atoms with van der Waals surface area (Å²) in [6.07, 6.45) is 8.30. The SMILES string of the molecule is CCN(c1ncc(I)cn1)C1CCC(N)CC1. The molecule has 0 spiro atoms. The van der Waals surface area contributed by atoms with Gasteiger partial charge in [-0.25, -0.2) is 9.97 Å². The Morgan fingerprint density at radius 3 is 2.41 bits per heavy atom. The number of hydrogen-bond acceptors (Lipinski definition) is 4. The van der Waals surface area contributed by atoms with E-state index in [0.29, 0.717) is 12.1 Å². The van der Waals surface area contributed by atoms with E-state index < -0.39 is 0 Å². The minimum Gasteiger partial charge on any atom is -0.338 e. The van der Waals surface area contributed by atoms with Crippen LogP contribution in [0, 0.1) is 3.57 Å². The van der Waals surface area contributed by atoms with E-state index in [1.165, 1.54) is 0 Å². The fourth-order valence-electron chi connectivity index (χ4n) is 2.43. The molecule has 17 heavy (non-hydrogen) atoms. The second kappa shape index (κ2) is 5.95. The molecule has 0 unspecified atom stereocenters. The Balaban J connectivity index is 2.08. The van der Waals surface area contributed by atoms with Gasteiger partial charge in [0, 0.05) is 34.6 Å². The zero-order valence-corrected chi connectivity index (χ0v) is 12.3. The highest BCUT2D eigenvalue weighted by atomic mass is 127. The van der Waals surface area contributed by atoms with Crippen molar-refractivity contribution in [3.8, 4) is 0 Å². The molecule has 0 bridgehead atoms. The molecule has 1 aliphatic carbocycles. The van der Waals surface area contributed by atoms with E-state index in [2.05, 4.69) is 44.4 Å². The fourth-order valence-corrected chi connectivity index (χ4v) is 2.71. The van der Waals surface area contributed by atoms with Gasteiger partial charge in [0.15, 0.2) is 0 Å². The molecule has 0 aromatic carbocycles. The monoisotopic (exact) mass is 346 g/mol. The third-order valence-corrected chi connectivity index (χ3v) is 3.94. The summed E-state index contributed by atoms with van der Waals surface area (Å²) in [6.45, 7) is 3.12. The maximum absolute atomic E-state index is 5.95. The fraction of sp³-hybridized carbons (Fsp3) is 0.667. The van der Waals surface area contributed by atoms with Crippen LogP contribution in [0.5, 0.6) is 0 Å². The number of nitrogens with two attached hydrogens (primary N) is 1. The van der Waals surface area contributed by atoms with E-state index in [0.717, 1.165) is 41.7 Å². The predicted molar refractivity (Wildman–Crippen MR) is 78.0 cm³/mol. The lowest BCUT2D eigenvalue weighted by Crippen LogP contribution is -2.41. The van der Waals surface area contributed by atoms with Crippen LogP contribution in [0.3, 0.4) is 0 Å². The van der Waals surface area contributed by atoms with Gasteiger partial charge in [0.2, 0.25) is 5.95 Å². The van der Waals surface area contributed by atoms with Crippen molar-refractivity contribution in [1.29, 1.82) is 0 Å². The first-order valence-electron chi connectivity index (χ1n) is 6.20. The summed E-state index contributed by atoms with van der Waals surface area (Å²) < 4.78 is 1.08. The summed E-state index contributed by atoms with van der Waals surface area (Å²) in [5.41, 5.74) is 5.95. The lowest BCUT2D eigenvalue weighted by Gasteiger charge is -2.35. The smallest absolute Gasteiger partial charge is 0.225 e. The number of halogens is 1. The van der Waals surface area contributed by atoms with E-state index in [-0.39, 0.29) is 0 Å². The van der Waals surface area contributed by atoms with Crippen LogP contribution >= 0.6 is 22.6 Å². The molecule has 0 saturated heterocycles. The molecule has 1 heterocycles. The van der Waals surface area contributed by atoms with Gasteiger partial charge in [0.1, 0.15) is 0 Å². The highest BCUT2D eigenvalue weighted by molar-refractivity contribution is 14.1. The molecule has 0 amide bonds. The zero-order valence-electron chi connectivity index (χ0n) is 10.1. The van der Waals surface area contributed by atoms with Crippen molar-refractivity contribution in [3.05, 3.63) is 16.0 Å². The van der Waals surface area contributed by atoms with Crippen molar-refractivity contribution in [2.75, 3.05) is 11.4 Å². The first kappa shape index (κ1) is 13.0. The van der Waals surface area contributed by atoms with Gasteiger partial charge < -0.3 is 10.6 Å². The van der Waals surface area contributed by atoms with Crippen molar-refractivity contribution < 1.29 is 0 Å². The van der Waals surface area contributed by atoms with Gasteiger partial charge in [-0.05, 0) is 55.2 Å². The standard InChI is InChI=1S/C12H19IN4/c1-2-17(11-5-3-10(14)4-6-11)12-15-7-9(13)8-16-12/h7-8,10-11H,2-6,14H2,1H3. The summed E-state index contributed by atoms with van der Waals surface area (Å²) in [7, 11) is 0. The normalized spacial score (nSPS) is 24.6. The maximum Gasteiger partial charge on any atom is 0.225 e. The average Bonchev–Trinajstić information content (AvgIpc) is 2.35. The van der Waals surface area contributed by atoms with E-state index in [1.807, 2.05) is 12.4 Å². The minimum atomic E-state index is 0.391. The number of anilines is 1. The molecule has 0 atom stereocenters. The summed E-state index contributed by atoms with van der Waals surface area (Å²) in [5, 5.41) is 0. The summed E-state index contributed by atoms with van der Waals surface area (Å²) in [5.74, 6) is 0.855. The molecule has 1 fully saturated rings. The molecule has 1 aromatic heterocycles. The number of rotatable bonds is 3. The highest BCUT2D eigenvalue weighted by Crippen LogP contribution is 2.24. The van der Waals surface area contributed by atoms with Gasteiger partial charge in [-0.1, -0.05) is 0 Å². The Morgan fingerprint density at radius 2 is 1.88 bits per heavy atom. The van der Waals surface area contributed by atoms with E-state index in [9.17, 15) is 0 Å². The summed E-state index contributed by atoms with van der Waals surface area (Å²) in [4.78, 5) is 11.1. The minimum absolute atomic E-state index is 0.391. The number of aromatic nitrogens is 2. The highest BCUT2D eigenvalue weighted by Gasteiger charge is 2.24. The molecule has 1 aliphatic rings. The second-order valence-electron chi connectivity index (χ2n) is 4.56. The van der Waals surface area contributed by atoms with Gasteiger partial charge in [-0.2, -0.15) is 0 Å². The van der Waals surface area contributed by atoms with Gasteiger partial charge >= 0.3 is 0 Å². The number of hydrogen-bond donors (Lipinski definition) is 1.